The molecule has 0 atom stereocenters. The summed E-state index contributed by atoms with van der Waals surface area (Å²) in [4.78, 5) is 16.7. The van der Waals surface area contributed by atoms with E-state index in [1.807, 2.05) is 10.3 Å². The van der Waals surface area contributed by atoms with Crippen molar-refractivity contribution in [2.24, 2.45) is 0 Å². The Morgan fingerprint density at radius 3 is 2.58 bits per heavy atom. The van der Waals surface area contributed by atoms with E-state index in [9.17, 15) is 13.2 Å². The molecule has 1 aromatic heterocycles. The van der Waals surface area contributed by atoms with Gasteiger partial charge in [0.25, 0.3) is 0 Å². The summed E-state index contributed by atoms with van der Waals surface area (Å²) in [6.07, 6.45) is 1.37. The molecule has 1 fully saturated rings. The smallest absolute Gasteiger partial charge is 0.304 e. The number of aromatic nitrogens is 1. The number of carboxylic acids is 1. The summed E-state index contributed by atoms with van der Waals surface area (Å²) in [6, 6.07) is 0. The van der Waals surface area contributed by atoms with Crippen LogP contribution in [-0.4, -0.2) is 60.7 Å². The molecule has 7 nitrogen and oxygen atoms in total. The van der Waals surface area contributed by atoms with Crippen molar-refractivity contribution < 1.29 is 18.3 Å². The van der Waals surface area contributed by atoms with Gasteiger partial charge in [-0.3, -0.25) is 4.79 Å². The van der Waals surface area contributed by atoms with Crippen LogP contribution in [0, 0.1) is 0 Å². The Bertz CT molecular complexity index is 521. The van der Waals surface area contributed by atoms with Gasteiger partial charge in [-0.05, 0) is 0 Å². The van der Waals surface area contributed by atoms with Crippen LogP contribution in [-0.2, 0) is 14.8 Å². The third kappa shape index (κ3) is 3.64. The molecule has 1 saturated heterocycles. The maximum absolute atomic E-state index is 11.9. The highest BCUT2D eigenvalue weighted by atomic mass is 32.2. The first kappa shape index (κ1) is 14.2. The predicted molar refractivity (Wildman–Crippen MR) is 71.9 cm³/mol. The summed E-state index contributed by atoms with van der Waals surface area (Å²) in [5.74, 6) is -1.43. The number of rotatable bonds is 5. The van der Waals surface area contributed by atoms with Crippen molar-refractivity contribution >= 4 is 32.5 Å². The first-order valence-electron chi connectivity index (χ1n) is 5.83. The Kier molecular flexibility index (Phi) is 4.38. The van der Waals surface area contributed by atoms with Crippen LogP contribution >= 0.6 is 11.3 Å². The molecule has 1 aromatic rings. The lowest BCUT2D eigenvalue weighted by atomic mass is 10.4. The highest BCUT2D eigenvalue weighted by Crippen LogP contribution is 2.20. The van der Waals surface area contributed by atoms with Gasteiger partial charge in [0.15, 0.2) is 5.13 Å². The third-order valence-corrected chi connectivity index (χ3v) is 5.60. The molecule has 0 saturated carbocycles. The zero-order chi connectivity index (χ0) is 13.9. The Morgan fingerprint density at radius 1 is 1.37 bits per heavy atom. The highest BCUT2D eigenvalue weighted by Gasteiger charge is 2.27. The van der Waals surface area contributed by atoms with Gasteiger partial charge in [-0.15, -0.1) is 11.3 Å². The molecule has 1 aliphatic heterocycles. The van der Waals surface area contributed by atoms with Gasteiger partial charge in [0.1, 0.15) is 0 Å². The summed E-state index contributed by atoms with van der Waals surface area (Å²) in [5, 5.41) is 11.3. The first-order valence-corrected chi connectivity index (χ1v) is 8.32. The van der Waals surface area contributed by atoms with E-state index in [4.69, 9.17) is 5.11 Å². The molecule has 19 heavy (non-hydrogen) atoms. The van der Waals surface area contributed by atoms with Crippen molar-refractivity contribution in [2.75, 3.05) is 36.8 Å². The minimum absolute atomic E-state index is 0.334. The van der Waals surface area contributed by atoms with E-state index in [1.54, 1.807) is 6.20 Å². The molecule has 106 valence electrons. The van der Waals surface area contributed by atoms with Crippen LogP contribution in [0.5, 0.6) is 0 Å². The van der Waals surface area contributed by atoms with Crippen molar-refractivity contribution in [1.82, 2.24) is 9.29 Å². The molecule has 1 aliphatic rings. The number of sulfonamides is 1. The van der Waals surface area contributed by atoms with E-state index in [-0.39, 0.29) is 12.2 Å². The number of hydrogen-bond donors (Lipinski definition) is 1. The number of nitrogens with zero attached hydrogens (tertiary/aromatic N) is 3. The summed E-state index contributed by atoms with van der Waals surface area (Å²) >= 11 is 1.52. The quantitative estimate of drug-likeness (QED) is 0.828. The number of anilines is 1. The first-order chi connectivity index (χ1) is 8.99. The molecule has 9 heteroatoms. The number of carbonyl (C=O) groups is 1. The Labute approximate surface area is 115 Å². The zero-order valence-electron chi connectivity index (χ0n) is 10.2. The molecule has 2 rings (SSSR count). The SMILES string of the molecule is O=C(O)CCS(=O)(=O)N1CCN(c2nccs2)CC1. The van der Waals surface area contributed by atoms with Crippen LogP contribution in [0.4, 0.5) is 5.13 Å². The van der Waals surface area contributed by atoms with Gasteiger partial charge in [-0.1, -0.05) is 0 Å². The minimum Gasteiger partial charge on any atom is -0.481 e. The van der Waals surface area contributed by atoms with Crippen molar-refractivity contribution in [1.29, 1.82) is 0 Å². The van der Waals surface area contributed by atoms with Gasteiger partial charge in [-0.25, -0.2) is 13.4 Å². The lowest BCUT2D eigenvalue weighted by Gasteiger charge is -2.33. The molecule has 0 aromatic carbocycles. The maximum Gasteiger partial charge on any atom is 0.304 e. The predicted octanol–water partition coefficient (Wildman–Crippen LogP) is 0.0696. The minimum atomic E-state index is -3.46. The van der Waals surface area contributed by atoms with Crippen molar-refractivity contribution in [3.63, 3.8) is 0 Å². The molecule has 0 spiro atoms. The average molecular weight is 305 g/mol. The fraction of sp³-hybridized carbons (Fsp3) is 0.600. The van der Waals surface area contributed by atoms with E-state index in [0.29, 0.717) is 26.2 Å². The van der Waals surface area contributed by atoms with Gasteiger partial charge < -0.3 is 10.0 Å². The van der Waals surface area contributed by atoms with Gasteiger partial charge in [-0.2, -0.15) is 4.31 Å². The summed E-state index contributed by atoms with van der Waals surface area (Å²) in [5.41, 5.74) is 0. The van der Waals surface area contributed by atoms with E-state index in [1.165, 1.54) is 15.6 Å². The van der Waals surface area contributed by atoms with Gasteiger partial charge in [0, 0.05) is 37.8 Å². The van der Waals surface area contributed by atoms with Gasteiger partial charge in [0.05, 0.1) is 12.2 Å². The van der Waals surface area contributed by atoms with Gasteiger partial charge in [0.2, 0.25) is 10.0 Å². The van der Waals surface area contributed by atoms with Crippen LogP contribution in [0.3, 0.4) is 0 Å². The zero-order valence-corrected chi connectivity index (χ0v) is 11.9. The van der Waals surface area contributed by atoms with Crippen LogP contribution in [0.15, 0.2) is 11.6 Å². The Balaban J connectivity index is 1.90. The number of piperazine rings is 1. The van der Waals surface area contributed by atoms with E-state index in [2.05, 4.69) is 4.98 Å². The number of thiazole rings is 1. The standard InChI is InChI=1S/C10H15N3O4S2/c14-9(15)1-8-19(16,17)13-5-3-12(4-6-13)10-11-2-7-18-10/h2,7H,1,3-6,8H2,(H,14,15). The fourth-order valence-corrected chi connectivity index (χ4v) is 3.98. The Morgan fingerprint density at radius 2 is 2.05 bits per heavy atom. The van der Waals surface area contributed by atoms with Crippen molar-refractivity contribution in [3.8, 4) is 0 Å². The normalized spacial score (nSPS) is 17.6. The molecule has 0 bridgehead atoms. The molecule has 1 N–H and O–H groups in total. The van der Waals surface area contributed by atoms with Crippen LogP contribution in [0.1, 0.15) is 6.42 Å². The van der Waals surface area contributed by atoms with Crippen molar-refractivity contribution in [3.05, 3.63) is 11.6 Å². The van der Waals surface area contributed by atoms with Crippen molar-refractivity contribution in [2.45, 2.75) is 6.42 Å². The molecule has 0 unspecified atom stereocenters. The number of hydrogen-bond acceptors (Lipinski definition) is 6. The molecule has 0 radical (unpaired) electrons. The molecule has 0 amide bonds. The van der Waals surface area contributed by atoms with Crippen LogP contribution < -0.4 is 4.90 Å². The average Bonchev–Trinajstić information content (AvgIpc) is 2.91. The van der Waals surface area contributed by atoms with Crippen LogP contribution in [0.25, 0.3) is 0 Å². The lowest BCUT2D eigenvalue weighted by molar-refractivity contribution is -0.136. The fourth-order valence-electron chi connectivity index (χ4n) is 1.88. The second kappa shape index (κ2) is 5.85. The van der Waals surface area contributed by atoms with E-state index < -0.39 is 16.0 Å². The number of carboxylic acid groups (broad SMARTS) is 1. The molecule has 0 aliphatic carbocycles. The monoisotopic (exact) mass is 305 g/mol. The van der Waals surface area contributed by atoms with E-state index in [0.717, 1.165) is 5.13 Å². The Hall–Kier alpha value is -1.19. The molecular formula is C10H15N3O4S2. The largest absolute Gasteiger partial charge is 0.481 e. The van der Waals surface area contributed by atoms with E-state index >= 15 is 0 Å². The molecule has 2 heterocycles. The maximum atomic E-state index is 11.9. The second-order valence-corrected chi connectivity index (χ2v) is 7.12. The molecular weight excluding hydrogens is 290 g/mol. The lowest BCUT2D eigenvalue weighted by Crippen LogP contribution is -2.49. The second-order valence-electron chi connectivity index (χ2n) is 4.16. The summed E-state index contributed by atoms with van der Waals surface area (Å²) < 4.78 is 25.2. The summed E-state index contributed by atoms with van der Waals surface area (Å²) in [6.45, 7) is 1.92. The highest BCUT2D eigenvalue weighted by molar-refractivity contribution is 7.89. The van der Waals surface area contributed by atoms with Crippen LogP contribution in [0.2, 0.25) is 0 Å². The number of aliphatic carboxylic acids is 1. The third-order valence-electron chi connectivity index (χ3n) is 2.90. The van der Waals surface area contributed by atoms with Gasteiger partial charge >= 0.3 is 5.97 Å². The topological polar surface area (TPSA) is 90.8 Å². The summed E-state index contributed by atoms with van der Waals surface area (Å²) in [7, 11) is -3.46.